The standard InChI is InChI=1S/C23H29N6O9P/c1-12(2)36-21(32)13(3)28-39(33,38-14-7-5-4-6-8-14)35-10-23-9-34-16(17(23)30)20(37-23)29-11-25-15-18(29)26-22(24)27-19(15)31/h4-8,11-13,16-17,20,30H,9-10H2,1-3H3,(H,28,33)(H3,24,26,27,31)/t13-,16+,17-,20+,23+,39-/m0/s1. The molecule has 4 heterocycles. The van der Waals surface area contributed by atoms with Crippen molar-refractivity contribution in [1.82, 2.24) is 24.6 Å². The highest BCUT2D eigenvalue weighted by molar-refractivity contribution is 7.52. The number of carbonyl (C=O) groups is 1. The number of aliphatic hydroxyl groups is 1. The minimum atomic E-state index is -4.23. The Balaban J connectivity index is 1.38. The number of para-hydroxylation sites is 1. The van der Waals surface area contributed by atoms with Crippen LogP contribution in [0.5, 0.6) is 5.75 Å². The average molecular weight is 564 g/mol. The number of hydrogen-bond donors (Lipinski definition) is 4. The molecule has 15 nitrogen and oxygen atoms in total. The highest BCUT2D eigenvalue weighted by Gasteiger charge is 2.63. The second-order valence-electron chi connectivity index (χ2n) is 9.58. The fraction of sp³-hybridized carbons (Fsp3) is 0.478. The van der Waals surface area contributed by atoms with Crippen LogP contribution >= 0.6 is 7.75 Å². The van der Waals surface area contributed by atoms with E-state index < -0.39 is 56.0 Å². The molecule has 2 aliphatic heterocycles. The number of hydrogen-bond acceptors (Lipinski definition) is 12. The lowest BCUT2D eigenvalue weighted by Crippen LogP contribution is -2.46. The summed E-state index contributed by atoms with van der Waals surface area (Å²) in [4.78, 5) is 35.2. The number of ether oxygens (including phenoxy) is 3. The lowest BCUT2D eigenvalue weighted by atomic mass is 10.0. The second-order valence-corrected chi connectivity index (χ2v) is 11.3. The van der Waals surface area contributed by atoms with Crippen LogP contribution in [0, 0.1) is 0 Å². The van der Waals surface area contributed by atoms with Crippen molar-refractivity contribution in [1.29, 1.82) is 0 Å². The number of H-pyrrole nitrogens is 1. The molecule has 5 N–H and O–H groups in total. The van der Waals surface area contributed by atoms with Crippen molar-refractivity contribution in [3.05, 3.63) is 47.0 Å². The Hall–Kier alpha value is -3.33. The third-order valence-electron chi connectivity index (χ3n) is 6.24. The van der Waals surface area contributed by atoms with Gasteiger partial charge in [-0.25, -0.2) is 9.55 Å². The van der Waals surface area contributed by atoms with Crippen molar-refractivity contribution in [3.63, 3.8) is 0 Å². The zero-order valence-corrected chi connectivity index (χ0v) is 22.2. The predicted molar refractivity (Wildman–Crippen MR) is 136 cm³/mol. The van der Waals surface area contributed by atoms with Crippen molar-refractivity contribution in [2.45, 2.75) is 57.0 Å². The first-order valence-electron chi connectivity index (χ1n) is 12.2. The summed E-state index contributed by atoms with van der Waals surface area (Å²) in [5.74, 6) is -0.550. The van der Waals surface area contributed by atoms with E-state index in [-0.39, 0.29) is 35.6 Å². The zero-order chi connectivity index (χ0) is 27.9. The number of aromatic nitrogens is 4. The molecular weight excluding hydrogens is 535 g/mol. The Kier molecular flexibility index (Phi) is 7.22. The molecule has 0 saturated carbocycles. The van der Waals surface area contributed by atoms with E-state index in [0.29, 0.717) is 0 Å². The number of nitrogen functional groups attached to an aromatic ring is 1. The maximum Gasteiger partial charge on any atom is 0.459 e. The first-order chi connectivity index (χ1) is 18.5. The van der Waals surface area contributed by atoms with Crippen LogP contribution in [0.1, 0.15) is 27.0 Å². The number of carbonyl (C=O) groups excluding carboxylic acids is 1. The summed E-state index contributed by atoms with van der Waals surface area (Å²) in [7, 11) is -4.23. The van der Waals surface area contributed by atoms with Gasteiger partial charge in [-0.05, 0) is 32.9 Å². The summed E-state index contributed by atoms with van der Waals surface area (Å²) < 4.78 is 43.9. The zero-order valence-electron chi connectivity index (χ0n) is 21.3. The van der Waals surface area contributed by atoms with Crippen LogP contribution in [-0.4, -0.2) is 73.8 Å². The van der Waals surface area contributed by atoms with E-state index in [1.165, 1.54) is 17.8 Å². The van der Waals surface area contributed by atoms with Crippen LogP contribution in [0.3, 0.4) is 0 Å². The molecule has 3 aromatic rings. The monoisotopic (exact) mass is 564 g/mol. The lowest BCUT2D eigenvalue weighted by Gasteiger charge is -2.32. The molecule has 0 unspecified atom stereocenters. The number of imidazole rings is 1. The number of aliphatic hydroxyl groups excluding tert-OH is 1. The van der Waals surface area contributed by atoms with Crippen LogP contribution < -0.4 is 20.9 Å². The predicted octanol–water partition coefficient (Wildman–Crippen LogP) is 0.863. The number of fused-ring (bicyclic) bond motifs is 3. The van der Waals surface area contributed by atoms with Crippen LogP contribution in [0.2, 0.25) is 0 Å². The third kappa shape index (κ3) is 5.29. The number of rotatable bonds is 10. The van der Waals surface area contributed by atoms with Gasteiger partial charge in [0.2, 0.25) is 5.95 Å². The highest BCUT2D eigenvalue weighted by Crippen LogP contribution is 2.50. The Bertz CT molecular complexity index is 1460. The fourth-order valence-electron chi connectivity index (χ4n) is 4.40. The van der Waals surface area contributed by atoms with E-state index in [9.17, 15) is 19.3 Å². The largest absolute Gasteiger partial charge is 0.462 e. The molecule has 5 rings (SSSR count). The van der Waals surface area contributed by atoms with E-state index in [2.05, 4.69) is 20.0 Å². The second kappa shape index (κ2) is 10.3. The first-order valence-corrected chi connectivity index (χ1v) is 13.7. The molecule has 1 aromatic carbocycles. The van der Waals surface area contributed by atoms with Gasteiger partial charge in [-0.2, -0.15) is 10.1 Å². The van der Waals surface area contributed by atoms with E-state index in [1.54, 1.807) is 44.2 Å². The number of nitrogens with one attached hydrogen (secondary N) is 2. The molecule has 0 radical (unpaired) electrons. The summed E-state index contributed by atoms with van der Waals surface area (Å²) in [5, 5.41) is 13.7. The number of esters is 1. The molecule has 2 aromatic heterocycles. The molecular formula is C23H29N6O9P. The summed E-state index contributed by atoms with van der Waals surface area (Å²) in [5.41, 5.74) is 3.87. The van der Waals surface area contributed by atoms with Crippen LogP contribution in [-0.2, 0) is 28.1 Å². The van der Waals surface area contributed by atoms with Gasteiger partial charge in [0.05, 0.1) is 25.6 Å². The van der Waals surface area contributed by atoms with Crippen molar-refractivity contribution in [2.24, 2.45) is 0 Å². The van der Waals surface area contributed by atoms with Crippen LogP contribution in [0.15, 0.2) is 41.5 Å². The van der Waals surface area contributed by atoms with Gasteiger partial charge < -0.3 is 29.6 Å². The van der Waals surface area contributed by atoms with Crippen molar-refractivity contribution in [3.8, 4) is 5.75 Å². The topological polar surface area (TPSA) is 202 Å². The van der Waals surface area contributed by atoms with Gasteiger partial charge in [0.25, 0.3) is 5.56 Å². The summed E-state index contributed by atoms with van der Waals surface area (Å²) in [6, 6.07) is 7.20. The maximum absolute atomic E-state index is 13.9. The van der Waals surface area contributed by atoms with Crippen LogP contribution in [0.4, 0.5) is 5.95 Å². The molecule has 2 fully saturated rings. The van der Waals surface area contributed by atoms with E-state index >= 15 is 0 Å². The van der Waals surface area contributed by atoms with Gasteiger partial charge in [0.1, 0.15) is 29.6 Å². The van der Waals surface area contributed by atoms with E-state index in [0.717, 1.165) is 0 Å². The number of anilines is 1. The Labute approximate surface area is 222 Å². The van der Waals surface area contributed by atoms with Crippen LogP contribution in [0.25, 0.3) is 11.2 Å². The highest BCUT2D eigenvalue weighted by atomic mass is 31.2. The molecule has 0 aliphatic carbocycles. The Morgan fingerprint density at radius 3 is 2.82 bits per heavy atom. The van der Waals surface area contributed by atoms with Crippen molar-refractivity contribution in [2.75, 3.05) is 18.9 Å². The molecule has 2 bridgehead atoms. The van der Waals surface area contributed by atoms with Gasteiger partial charge in [0, 0.05) is 0 Å². The molecule has 210 valence electrons. The van der Waals surface area contributed by atoms with Gasteiger partial charge in [-0.3, -0.25) is 23.7 Å². The number of nitrogens with zero attached hydrogens (tertiary/aromatic N) is 3. The minimum absolute atomic E-state index is 0.0302. The smallest absolute Gasteiger partial charge is 0.459 e. The Morgan fingerprint density at radius 1 is 1.36 bits per heavy atom. The van der Waals surface area contributed by atoms with Crippen molar-refractivity contribution >= 4 is 30.8 Å². The average Bonchev–Trinajstić information content (AvgIpc) is 3.52. The summed E-state index contributed by atoms with van der Waals surface area (Å²) >= 11 is 0. The van der Waals surface area contributed by atoms with Gasteiger partial charge in [-0.1, -0.05) is 18.2 Å². The molecule has 39 heavy (non-hydrogen) atoms. The third-order valence-corrected chi connectivity index (χ3v) is 7.86. The summed E-state index contributed by atoms with van der Waals surface area (Å²) in [6.07, 6.45) is -2.10. The molecule has 16 heteroatoms. The SMILES string of the molecule is CC(C)OC(=O)[C@H](C)N[P@](=O)(OC[C@@]12CO[C@@H]([C@H](n3cnc4c(=O)[nH]c(N)nc43)O1)[C@@H]2O)Oc1ccccc1. The normalized spacial score (nSPS) is 26.5. The summed E-state index contributed by atoms with van der Waals surface area (Å²) in [6.45, 7) is 4.32. The molecule has 2 saturated heterocycles. The Morgan fingerprint density at radius 2 is 2.10 bits per heavy atom. The first kappa shape index (κ1) is 27.2. The maximum atomic E-state index is 13.9. The number of aromatic amines is 1. The van der Waals surface area contributed by atoms with E-state index in [1.807, 2.05) is 0 Å². The minimum Gasteiger partial charge on any atom is -0.462 e. The van der Waals surface area contributed by atoms with E-state index in [4.69, 9.17) is 29.0 Å². The van der Waals surface area contributed by atoms with Gasteiger partial charge >= 0.3 is 13.7 Å². The van der Waals surface area contributed by atoms with Gasteiger partial charge in [-0.15, -0.1) is 0 Å². The number of benzene rings is 1. The van der Waals surface area contributed by atoms with Gasteiger partial charge in [0.15, 0.2) is 17.4 Å². The lowest BCUT2D eigenvalue weighted by molar-refractivity contribution is -0.183. The fourth-order valence-corrected chi connectivity index (χ4v) is 5.94. The molecule has 6 atom stereocenters. The molecule has 2 aliphatic rings. The number of nitrogens with two attached hydrogens (primary N) is 1. The molecule has 0 spiro atoms. The quantitative estimate of drug-likeness (QED) is 0.200. The van der Waals surface area contributed by atoms with Crippen molar-refractivity contribution < 1.29 is 37.7 Å². The molecule has 0 amide bonds.